The number of phenols is 5. The lowest BCUT2D eigenvalue weighted by atomic mass is 9.98. The number of aliphatic hydroxyl groups is 5. The van der Waals surface area contributed by atoms with Crippen LogP contribution in [-0.2, 0) is 30.2 Å². The van der Waals surface area contributed by atoms with Gasteiger partial charge >= 0.3 is 5.97 Å². The highest BCUT2D eigenvalue weighted by Crippen LogP contribution is 2.41. The number of carbonyl (C=O) groups excluding carboxylic acids is 1. The van der Waals surface area contributed by atoms with E-state index < -0.39 is 103 Å². The predicted octanol–water partition coefficient (Wildman–Crippen LogP) is 1.49. The first kappa shape index (κ1) is 41.9. The molecule has 0 spiro atoms. The molecule has 316 valence electrons. The summed E-state index contributed by atoms with van der Waals surface area (Å²) in [5.74, 6) is -3.51. The molecule has 2 aliphatic rings. The number of carbonyl (C=O) groups is 1. The van der Waals surface area contributed by atoms with Gasteiger partial charge in [0.25, 0.3) is 0 Å². The van der Waals surface area contributed by atoms with Crippen LogP contribution in [0.2, 0.25) is 0 Å². The van der Waals surface area contributed by atoms with Crippen LogP contribution in [0.3, 0.4) is 0 Å². The molecule has 60 heavy (non-hydrogen) atoms. The van der Waals surface area contributed by atoms with Crippen LogP contribution in [0.15, 0.2) is 94.2 Å². The summed E-state index contributed by atoms with van der Waals surface area (Å²) in [6, 6.07) is 18.0. The summed E-state index contributed by atoms with van der Waals surface area (Å²) in [4.78, 5) is 27.5. The average molecular weight is 833 g/mol. The molecule has 2 saturated heterocycles. The largest absolute Gasteiger partial charge is 0.508 e. The minimum atomic E-state index is -2.00. The Labute approximate surface area is 339 Å². The summed E-state index contributed by atoms with van der Waals surface area (Å²) >= 11 is 0. The molecular formula is C42H40O18. The standard InChI is InChI=1S/C42H40O18/c43-17-29-33(52)35(54)40(60-41-39(32(51)28(49)18-55-41)57-30(50)13-6-19-4-9-22(44)10-5-19)42(56-29)59-38-34(53)31-27(48)16-26(47)25(15-20-2-1-3-24(46)14-20)37(31)58-36(38)21-7-11-23(45)12-8-21/h1-14,16,28-29,32-33,35,39-49,51-52,54H,15,17-18H2. The number of rotatable bonds is 11. The Balaban J connectivity index is 1.28. The van der Waals surface area contributed by atoms with Gasteiger partial charge in [-0.3, -0.25) is 4.79 Å². The molecule has 7 rings (SSSR count). The lowest BCUT2D eigenvalue weighted by Gasteiger charge is -2.45. The molecule has 18 heteroatoms. The molecule has 4 aromatic carbocycles. The summed E-state index contributed by atoms with van der Waals surface area (Å²) in [6.45, 7) is -1.44. The van der Waals surface area contributed by atoms with Crippen molar-refractivity contribution < 1.29 is 84.0 Å². The molecule has 3 heterocycles. The SMILES string of the molecule is O=C(C=Cc1ccc(O)cc1)OC1C(OC2C(Oc3c(-c4ccc(O)cc4)oc4c(Cc5cccc(O)c5)c(O)cc(O)c4c3=O)OC(CO)C(O)C2O)OCC(O)C1O. The van der Waals surface area contributed by atoms with E-state index in [1.54, 1.807) is 12.1 Å². The van der Waals surface area contributed by atoms with Crippen molar-refractivity contribution in [1.29, 1.82) is 0 Å². The van der Waals surface area contributed by atoms with Crippen LogP contribution in [-0.4, -0.2) is 126 Å². The highest BCUT2D eigenvalue weighted by atomic mass is 16.8. The molecule has 1 aromatic heterocycles. The van der Waals surface area contributed by atoms with E-state index in [1.165, 1.54) is 66.7 Å². The van der Waals surface area contributed by atoms with Crippen LogP contribution < -0.4 is 10.2 Å². The first-order chi connectivity index (χ1) is 28.7. The monoisotopic (exact) mass is 832 g/mol. The molecule has 0 bridgehead atoms. The van der Waals surface area contributed by atoms with Gasteiger partial charge in [-0.25, -0.2) is 4.79 Å². The molecule has 9 unspecified atom stereocenters. The molecule has 2 aliphatic heterocycles. The zero-order valence-electron chi connectivity index (χ0n) is 31.2. The van der Waals surface area contributed by atoms with Gasteiger partial charge in [0.15, 0.2) is 24.3 Å². The molecule has 2 fully saturated rings. The van der Waals surface area contributed by atoms with Gasteiger partial charge < -0.3 is 79.2 Å². The fourth-order valence-electron chi connectivity index (χ4n) is 6.82. The number of benzene rings is 4. The Morgan fingerprint density at radius 3 is 2.17 bits per heavy atom. The van der Waals surface area contributed by atoms with Crippen LogP contribution in [0.25, 0.3) is 28.4 Å². The zero-order valence-corrected chi connectivity index (χ0v) is 31.2. The van der Waals surface area contributed by atoms with Crippen molar-refractivity contribution in [2.24, 2.45) is 0 Å². The third kappa shape index (κ3) is 8.71. The van der Waals surface area contributed by atoms with Gasteiger partial charge in [0, 0.05) is 29.7 Å². The van der Waals surface area contributed by atoms with Crippen LogP contribution in [0.1, 0.15) is 16.7 Å². The fraction of sp³-hybridized carbons (Fsp3) is 0.286. The molecular weight excluding hydrogens is 792 g/mol. The number of esters is 1. The highest BCUT2D eigenvalue weighted by molar-refractivity contribution is 5.91. The Kier molecular flexibility index (Phi) is 12.3. The van der Waals surface area contributed by atoms with Crippen LogP contribution in [0, 0.1) is 0 Å². The molecule has 0 saturated carbocycles. The van der Waals surface area contributed by atoms with Crippen molar-refractivity contribution in [3.8, 4) is 45.8 Å². The molecule has 0 aliphatic carbocycles. The Hall–Kier alpha value is -6.22. The van der Waals surface area contributed by atoms with E-state index in [-0.39, 0.29) is 46.1 Å². The molecule has 18 nitrogen and oxygen atoms in total. The van der Waals surface area contributed by atoms with E-state index in [0.29, 0.717) is 11.1 Å². The summed E-state index contributed by atoms with van der Waals surface area (Å²) < 4.78 is 35.2. The van der Waals surface area contributed by atoms with Crippen LogP contribution >= 0.6 is 0 Å². The Morgan fingerprint density at radius 2 is 1.48 bits per heavy atom. The smallest absolute Gasteiger partial charge is 0.331 e. The predicted molar refractivity (Wildman–Crippen MR) is 206 cm³/mol. The second-order valence-corrected chi connectivity index (χ2v) is 14.1. The minimum absolute atomic E-state index is 0.00944. The third-order valence-corrected chi connectivity index (χ3v) is 9.94. The normalized spacial score (nSPS) is 25.6. The second kappa shape index (κ2) is 17.6. The highest BCUT2D eigenvalue weighted by Gasteiger charge is 2.51. The third-order valence-electron chi connectivity index (χ3n) is 9.94. The summed E-state index contributed by atoms with van der Waals surface area (Å²) in [6.07, 6.45) is -14.0. The first-order valence-corrected chi connectivity index (χ1v) is 18.4. The number of hydrogen-bond donors (Lipinski definition) is 10. The van der Waals surface area contributed by atoms with Gasteiger partial charge in [0.2, 0.25) is 17.5 Å². The Morgan fingerprint density at radius 1 is 0.783 bits per heavy atom. The maximum Gasteiger partial charge on any atom is 0.331 e. The van der Waals surface area contributed by atoms with E-state index in [1.807, 2.05) is 0 Å². The number of hydrogen-bond acceptors (Lipinski definition) is 18. The number of fused-ring (bicyclic) bond motifs is 1. The van der Waals surface area contributed by atoms with Crippen LogP contribution in [0.5, 0.6) is 34.5 Å². The topological polar surface area (TPSA) is 296 Å². The quantitative estimate of drug-likeness (QED) is 0.0666. The number of aromatic hydroxyl groups is 5. The van der Waals surface area contributed by atoms with Crippen molar-refractivity contribution in [2.75, 3.05) is 13.2 Å². The van der Waals surface area contributed by atoms with Crippen molar-refractivity contribution >= 4 is 23.0 Å². The maximum atomic E-state index is 14.5. The molecule has 10 N–H and O–H groups in total. The first-order valence-electron chi connectivity index (χ1n) is 18.4. The molecule has 0 radical (unpaired) electrons. The van der Waals surface area contributed by atoms with Gasteiger partial charge in [-0.15, -0.1) is 0 Å². The second-order valence-electron chi connectivity index (χ2n) is 14.1. The summed E-state index contributed by atoms with van der Waals surface area (Å²) in [5, 5.41) is 105. The maximum absolute atomic E-state index is 14.5. The van der Waals surface area contributed by atoms with E-state index >= 15 is 0 Å². The molecule has 5 aromatic rings. The number of phenolic OH excluding ortho intramolecular Hbond substituents is 5. The van der Waals surface area contributed by atoms with Gasteiger partial charge in [-0.05, 0) is 65.7 Å². The zero-order chi connectivity index (χ0) is 42.8. The van der Waals surface area contributed by atoms with E-state index in [2.05, 4.69) is 0 Å². The van der Waals surface area contributed by atoms with Crippen molar-refractivity contribution in [2.45, 2.75) is 61.7 Å². The van der Waals surface area contributed by atoms with Crippen molar-refractivity contribution in [3.05, 3.63) is 112 Å². The Bertz CT molecular complexity index is 2410. The lowest BCUT2D eigenvalue weighted by Crippen LogP contribution is -2.64. The van der Waals surface area contributed by atoms with Gasteiger partial charge in [0.1, 0.15) is 70.2 Å². The lowest BCUT2D eigenvalue weighted by molar-refractivity contribution is -0.345. The van der Waals surface area contributed by atoms with Crippen LogP contribution in [0.4, 0.5) is 0 Å². The van der Waals surface area contributed by atoms with E-state index in [9.17, 15) is 60.7 Å². The molecule has 0 amide bonds. The fourth-order valence-corrected chi connectivity index (χ4v) is 6.82. The van der Waals surface area contributed by atoms with Gasteiger partial charge in [-0.2, -0.15) is 0 Å². The average Bonchev–Trinajstić information content (AvgIpc) is 3.22. The van der Waals surface area contributed by atoms with E-state index in [0.717, 1.165) is 12.1 Å². The molecule has 9 atom stereocenters. The van der Waals surface area contributed by atoms with Gasteiger partial charge in [0.05, 0.1) is 13.2 Å². The van der Waals surface area contributed by atoms with Gasteiger partial charge in [-0.1, -0.05) is 24.3 Å². The minimum Gasteiger partial charge on any atom is -0.508 e. The summed E-state index contributed by atoms with van der Waals surface area (Å²) in [7, 11) is 0. The summed E-state index contributed by atoms with van der Waals surface area (Å²) in [5.41, 5.74) is -0.206. The number of aliphatic hydroxyl groups excluding tert-OH is 5. The van der Waals surface area contributed by atoms with Crippen molar-refractivity contribution in [3.63, 3.8) is 0 Å². The number of ether oxygens (including phenoxy) is 5. The van der Waals surface area contributed by atoms with Crippen molar-refractivity contribution in [1.82, 2.24) is 0 Å². The van der Waals surface area contributed by atoms with E-state index in [4.69, 9.17) is 28.1 Å².